The molecular weight excluding hydrogens is 304 g/mol. The van der Waals surface area contributed by atoms with Gasteiger partial charge in [-0.05, 0) is 58.0 Å². The predicted octanol–water partition coefficient (Wildman–Crippen LogP) is 6.00. The zero-order chi connectivity index (χ0) is 19.1. The van der Waals surface area contributed by atoms with Crippen LogP contribution in [-0.2, 0) is 0 Å². The summed E-state index contributed by atoms with van der Waals surface area (Å²) in [5.41, 5.74) is 10.9. The van der Waals surface area contributed by atoms with Crippen molar-refractivity contribution in [2.24, 2.45) is 10.7 Å². The van der Waals surface area contributed by atoms with E-state index in [4.69, 9.17) is 5.73 Å². The first-order chi connectivity index (χ1) is 11.9. The lowest BCUT2D eigenvalue weighted by Crippen LogP contribution is -1.97. The summed E-state index contributed by atoms with van der Waals surface area (Å²) in [6.45, 7) is 12.1. The van der Waals surface area contributed by atoms with Gasteiger partial charge < -0.3 is 5.73 Å². The van der Waals surface area contributed by atoms with Crippen molar-refractivity contribution in [3.05, 3.63) is 95.8 Å². The van der Waals surface area contributed by atoms with Crippen LogP contribution in [0.5, 0.6) is 0 Å². The van der Waals surface area contributed by atoms with Crippen molar-refractivity contribution in [1.29, 1.82) is 0 Å². The Morgan fingerprint density at radius 3 is 2.24 bits per heavy atom. The molecule has 0 bridgehead atoms. The topological polar surface area (TPSA) is 38.4 Å². The molecule has 0 amide bonds. The van der Waals surface area contributed by atoms with Crippen molar-refractivity contribution >= 4 is 5.71 Å². The third-order valence-corrected chi connectivity index (χ3v) is 3.30. The highest BCUT2D eigenvalue weighted by Crippen LogP contribution is 2.09. The van der Waals surface area contributed by atoms with Crippen molar-refractivity contribution < 1.29 is 0 Å². The van der Waals surface area contributed by atoms with Gasteiger partial charge in [0, 0.05) is 7.05 Å². The molecule has 0 aliphatic heterocycles. The Balaban J connectivity index is 4.87. The fraction of sp³-hybridized carbons (Fsp3) is 0.261. The van der Waals surface area contributed by atoms with Crippen molar-refractivity contribution in [3.8, 4) is 0 Å². The molecule has 0 aromatic heterocycles. The van der Waals surface area contributed by atoms with Gasteiger partial charge in [-0.1, -0.05) is 71.9 Å². The van der Waals surface area contributed by atoms with E-state index >= 15 is 0 Å². The van der Waals surface area contributed by atoms with Crippen LogP contribution in [0.1, 0.15) is 34.1 Å². The van der Waals surface area contributed by atoms with Crippen molar-refractivity contribution in [2.45, 2.75) is 34.1 Å². The zero-order valence-electron chi connectivity index (χ0n) is 16.3. The van der Waals surface area contributed by atoms with Crippen molar-refractivity contribution in [2.75, 3.05) is 7.05 Å². The Morgan fingerprint density at radius 2 is 1.64 bits per heavy atom. The molecule has 0 unspecified atom stereocenters. The Labute approximate surface area is 153 Å². The summed E-state index contributed by atoms with van der Waals surface area (Å²) in [6, 6.07) is 0. The second-order valence-electron chi connectivity index (χ2n) is 5.94. The Morgan fingerprint density at radius 1 is 0.960 bits per heavy atom. The molecule has 0 aromatic rings. The van der Waals surface area contributed by atoms with Gasteiger partial charge in [0.15, 0.2) is 0 Å². The van der Waals surface area contributed by atoms with E-state index in [-0.39, 0.29) is 0 Å². The smallest absolute Gasteiger partial charge is 0.0599 e. The Kier molecular flexibility index (Phi) is 12.4. The van der Waals surface area contributed by atoms with Crippen molar-refractivity contribution in [3.63, 3.8) is 0 Å². The summed E-state index contributed by atoms with van der Waals surface area (Å²) in [5, 5.41) is 0. The molecular formula is C23H32N2. The molecule has 0 atom stereocenters. The quantitative estimate of drug-likeness (QED) is 0.407. The van der Waals surface area contributed by atoms with Gasteiger partial charge in [-0.15, -0.1) is 0 Å². The number of aliphatic imine (C=N–C) groups is 1. The molecule has 0 aliphatic rings. The second-order valence-corrected chi connectivity index (χ2v) is 5.94. The van der Waals surface area contributed by atoms with Crippen molar-refractivity contribution in [1.82, 2.24) is 0 Å². The summed E-state index contributed by atoms with van der Waals surface area (Å²) >= 11 is 0. The van der Waals surface area contributed by atoms with Crippen LogP contribution in [-0.4, -0.2) is 12.8 Å². The standard InChI is InChI=1S/C23H32N2/c1-19(2)12-11-14-22(5)23(25-6)18-21(4)16-15-20(3)13-9-7-8-10-17-24/h7-15,17-18H,1,16,24H2,2-6H3/b8-7-,12-11-,13-9-,17-10+,20-15+,21-18+,22-14+,25-23?. The average molecular weight is 337 g/mol. The Bertz CT molecular complexity index is 660. The summed E-state index contributed by atoms with van der Waals surface area (Å²) in [6.07, 6.45) is 22.6. The number of nitrogens with two attached hydrogens (primary N) is 1. The average Bonchev–Trinajstić information content (AvgIpc) is 2.57. The molecule has 0 aliphatic carbocycles. The highest BCUT2D eigenvalue weighted by Gasteiger charge is 1.98. The maximum absolute atomic E-state index is 5.27. The zero-order valence-corrected chi connectivity index (χ0v) is 16.3. The van der Waals surface area contributed by atoms with E-state index in [2.05, 4.69) is 56.6 Å². The van der Waals surface area contributed by atoms with Gasteiger partial charge in [0.25, 0.3) is 0 Å². The van der Waals surface area contributed by atoms with E-state index in [1.807, 2.05) is 44.4 Å². The monoisotopic (exact) mass is 336 g/mol. The molecule has 2 nitrogen and oxygen atoms in total. The summed E-state index contributed by atoms with van der Waals surface area (Å²) in [7, 11) is 1.82. The SMILES string of the molecule is C=C(C)/C=C\C=C(/C)C(/C=C(\C)C/C=C(C)/C=C\C=C/C=C/N)=NC. The molecule has 0 spiro atoms. The molecule has 0 aromatic carbocycles. The second kappa shape index (κ2) is 13.8. The molecule has 2 N–H and O–H groups in total. The van der Waals surface area contributed by atoms with Crippen LogP contribution < -0.4 is 5.73 Å². The highest BCUT2D eigenvalue weighted by molar-refractivity contribution is 6.08. The number of allylic oxidation sites excluding steroid dienone is 14. The highest BCUT2D eigenvalue weighted by atomic mass is 14.7. The van der Waals surface area contributed by atoms with Crippen LogP contribution in [0.2, 0.25) is 0 Å². The van der Waals surface area contributed by atoms with E-state index in [9.17, 15) is 0 Å². The molecule has 2 heteroatoms. The molecule has 0 radical (unpaired) electrons. The molecule has 0 saturated heterocycles. The number of hydrogen-bond acceptors (Lipinski definition) is 2. The van der Waals surface area contributed by atoms with Crippen LogP contribution >= 0.6 is 0 Å². The minimum Gasteiger partial charge on any atom is -0.405 e. The first-order valence-corrected chi connectivity index (χ1v) is 8.43. The van der Waals surface area contributed by atoms with Gasteiger partial charge >= 0.3 is 0 Å². The van der Waals surface area contributed by atoms with E-state index < -0.39 is 0 Å². The summed E-state index contributed by atoms with van der Waals surface area (Å²) in [5.74, 6) is 0. The predicted molar refractivity (Wildman–Crippen MR) is 115 cm³/mol. The third kappa shape index (κ3) is 12.5. The van der Waals surface area contributed by atoms with E-state index in [1.165, 1.54) is 17.3 Å². The lowest BCUT2D eigenvalue weighted by molar-refractivity contribution is 1.19. The van der Waals surface area contributed by atoms with Gasteiger partial charge in [0.05, 0.1) is 5.71 Å². The number of nitrogens with zero attached hydrogens (tertiary/aromatic N) is 1. The van der Waals surface area contributed by atoms with Crippen LogP contribution in [0.15, 0.2) is 101 Å². The minimum absolute atomic E-state index is 0.899. The number of rotatable bonds is 9. The molecule has 0 fully saturated rings. The summed E-state index contributed by atoms with van der Waals surface area (Å²) in [4.78, 5) is 4.39. The molecule has 0 heterocycles. The maximum atomic E-state index is 5.27. The van der Waals surface area contributed by atoms with Crippen LogP contribution in [0.4, 0.5) is 0 Å². The van der Waals surface area contributed by atoms with Gasteiger partial charge in [-0.2, -0.15) is 0 Å². The molecule has 25 heavy (non-hydrogen) atoms. The Hall–Kier alpha value is -2.61. The first-order valence-electron chi connectivity index (χ1n) is 8.43. The summed E-state index contributed by atoms with van der Waals surface area (Å²) < 4.78 is 0. The fourth-order valence-corrected chi connectivity index (χ4v) is 1.88. The lowest BCUT2D eigenvalue weighted by atomic mass is 10.1. The molecule has 134 valence electrons. The van der Waals surface area contributed by atoms with Gasteiger partial charge in [-0.25, -0.2) is 0 Å². The van der Waals surface area contributed by atoms with Crippen LogP contribution in [0.3, 0.4) is 0 Å². The van der Waals surface area contributed by atoms with Crippen LogP contribution in [0, 0.1) is 0 Å². The minimum atomic E-state index is 0.899. The van der Waals surface area contributed by atoms with Gasteiger partial charge in [0.2, 0.25) is 0 Å². The molecule has 0 saturated carbocycles. The maximum Gasteiger partial charge on any atom is 0.0599 e. The lowest BCUT2D eigenvalue weighted by Gasteiger charge is -2.03. The first kappa shape index (κ1) is 22.4. The number of hydrogen-bond donors (Lipinski definition) is 1. The van der Waals surface area contributed by atoms with E-state index in [0.29, 0.717) is 0 Å². The van der Waals surface area contributed by atoms with Gasteiger partial charge in [-0.3, -0.25) is 4.99 Å². The third-order valence-electron chi connectivity index (χ3n) is 3.30. The largest absolute Gasteiger partial charge is 0.405 e. The van der Waals surface area contributed by atoms with Gasteiger partial charge in [0.1, 0.15) is 0 Å². The van der Waals surface area contributed by atoms with E-state index in [1.54, 1.807) is 6.08 Å². The van der Waals surface area contributed by atoms with Crippen LogP contribution in [0.25, 0.3) is 0 Å². The fourth-order valence-electron chi connectivity index (χ4n) is 1.88. The normalized spacial score (nSPS) is 15.4. The molecule has 0 rings (SSSR count). The van der Waals surface area contributed by atoms with E-state index in [0.717, 1.165) is 23.3 Å².